The van der Waals surface area contributed by atoms with Gasteiger partial charge in [0.05, 0.1) is 0 Å². The molecule has 24 heavy (non-hydrogen) atoms. The van der Waals surface area contributed by atoms with Crippen molar-refractivity contribution >= 4 is 29.9 Å². The van der Waals surface area contributed by atoms with Gasteiger partial charge in [0, 0.05) is 39.1 Å². The average Bonchev–Trinajstić information content (AvgIpc) is 3.09. The van der Waals surface area contributed by atoms with Crippen molar-refractivity contribution in [3.8, 4) is 0 Å². The van der Waals surface area contributed by atoms with E-state index in [4.69, 9.17) is 0 Å². The highest BCUT2D eigenvalue weighted by Crippen LogP contribution is 2.16. The fraction of sp³-hybridized carbons (Fsp3) is 0.765. The van der Waals surface area contributed by atoms with Crippen molar-refractivity contribution in [1.29, 1.82) is 0 Å². The molecule has 0 radical (unpaired) electrons. The van der Waals surface area contributed by atoms with Crippen LogP contribution in [0.1, 0.15) is 32.6 Å². The van der Waals surface area contributed by atoms with E-state index in [1.54, 1.807) is 0 Å². The van der Waals surface area contributed by atoms with Crippen LogP contribution in [0, 0.1) is 5.92 Å². The molecule has 2 rings (SSSR count). The molecule has 1 aromatic rings. The molecule has 0 aromatic carbocycles. The maximum atomic E-state index is 4.31. The van der Waals surface area contributed by atoms with Gasteiger partial charge < -0.3 is 15.5 Å². The zero-order valence-corrected chi connectivity index (χ0v) is 17.4. The van der Waals surface area contributed by atoms with Crippen LogP contribution in [0.25, 0.3) is 0 Å². The molecule has 0 amide bonds. The van der Waals surface area contributed by atoms with E-state index >= 15 is 0 Å². The van der Waals surface area contributed by atoms with Gasteiger partial charge in [0.15, 0.2) is 5.96 Å². The molecule has 7 heteroatoms. The van der Waals surface area contributed by atoms with Crippen LogP contribution >= 0.6 is 24.0 Å². The Kier molecular flexibility index (Phi) is 11.1. The first-order chi connectivity index (χ1) is 11.3. The minimum Gasteiger partial charge on any atom is -0.356 e. The number of nitrogens with zero attached hydrogens (tertiary/aromatic N) is 4. The van der Waals surface area contributed by atoms with Crippen molar-refractivity contribution in [2.75, 3.05) is 39.8 Å². The predicted molar refractivity (Wildman–Crippen MR) is 111 cm³/mol. The van der Waals surface area contributed by atoms with Gasteiger partial charge in [-0.1, -0.05) is 6.92 Å². The Morgan fingerprint density at radius 2 is 2.04 bits per heavy atom. The van der Waals surface area contributed by atoms with Crippen molar-refractivity contribution in [2.24, 2.45) is 10.9 Å². The topological polar surface area (TPSA) is 57.5 Å². The predicted octanol–water partition coefficient (Wildman–Crippen LogP) is 2.18. The largest absolute Gasteiger partial charge is 0.356 e. The number of hydrogen-bond acceptors (Lipinski definition) is 3. The van der Waals surface area contributed by atoms with Crippen LogP contribution < -0.4 is 10.6 Å². The first-order valence-corrected chi connectivity index (χ1v) is 8.96. The normalized spacial score (nSPS) is 16.7. The fourth-order valence-corrected chi connectivity index (χ4v) is 3.07. The Morgan fingerprint density at radius 3 is 2.67 bits per heavy atom. The van der Waals surface area contributed by atoms with E-state index in [9.17, 15) is 0 Å². The second-order valence-corrected chi connectivity index (χ2v) is 6.29. The van der Waals surface area contributed by atoms with Gasteiger partial charge in [-0.25, -0.2) is 0 Å². The number of rotatable bonds is 8. The third kappa shape index (κ3) is 7.83. The molecule has 1 fully saturated rings. The number of halogens is 1. The van der Waals surface area contributed by atoms with Crippen LogP contribution in [0.3, 0.4) is 0 Å². The molecule has 138 valence electrons. The van der Waals surface area contributed by atoms with Crippen molar-refractivity contribution in [3.63, 3.8) is 0 Å². The summed E-state index contributed by atoms with van der Waals surface area (Å²) in [5, 5.41) is 11.1. The molecule has 0 atom stereocenters. The molecule has 2 heterocycles. The quantitative estimate of drug-likeness (QED) is 0.277. The lowest BCUT2D eigenvalue weighted by Crippen LogP contribution is -2.43. The SMILES string of the molecule is CCCN1CCC(CNC(=NC)NCCCn2cccn2)CC1.I. The van der Waals surface area contributed by atoms with Crippen molar-refractivity contribution in [2.45, 2.75) is 39.2 Å². The number of piperidine rings is 1. The smallest absolute Gasteiger partial charge is 0.190 e. The molecule has 1 aliphatic heterocycles. The van der Waals surface area contributed by atoms with Gasteiger partial charge in [-0.15, -0.1) is 24.0 Å². The number of hydrogen-bond donors (Lipinski definition) is 2. The number of guanidine groups is 1. The average molecular weight is 448 g/mol. The molecule has 0 saturated carbocycles. The van der Waals surface area contributed by atoms with Crippen LogP contribution in [0.2, 0.25) is 0 Å². The summed E-state index contributed by atoms with van der Waals surface area (Å²) in [7, 11) is 1.84. The van der Waals surface area contributed by atoms with E-state index in [0.717, 1.165) is 37.9 Å². The molecule has 0 aliphatic carbocycles. The maximum absolute atomic E-state index is 4.31. The van der Waals surface area contributed by atoms with E-state index in [-0.39, 0.29) is 24.0 Å². The van der Waals surface area contributed by atoms with Crippen LogP contribution in [-0.2, 0) is 6.54 Å². The monoisotopic (exact) mass is 448 g/mol. The molecule has 1 aliphatic rings. The summed E-state index contributed by atoms with van der Waals surface area (Å²) in [5.74, 6) is 1.69. The fourth-order valence-electron chi connectivity index (χ4n) is 3.07. The standard InChI is InChI=1S/C17H32N6.HI/c1-3-10-22-13-6-16(7-14-22)15-20-17(18-2)19-8-4-11-23-12-5-9-21-23;/h5,9,12,16H,3-4,6-8,10-11,13-15H2,1-2H3,(H2,18,19,20);1H. The lowest BCUT2D eigenvalue weighted by molar-refractivity contribution is 0.185. The minimum absolute atomic E-state index is 0. The second kappa shape index (κ2) is 12.5. The molecule has 1 aromatic heterocycles. The lowest BCUT2D eigenvalue weighted by atomic mass is 9.97. The van der Waals surface area contributed by atoms with E-state index in [1.807, 2.05) is 30.2 Å². The van der Waals surface area contributed by atoms with Crippen LogP contribution in [-0.4, -0.2) is 60.4 Å². The van der Waals surface area contributed by atoms with E-state index < -0.39 is 0 Å². The summed E-state index contributed by atoms with van der Waals surface area (Å²) in [6, 6.07) is 1.96. The Balaban J connectivity index is 0.00000288. The summed E-state index contributed by atoms with van der Waals surface area (Å²) in [6.07, 6.45) is 8.71. The summed E-state index contributed by atoms with van der Waals surface area (Å²) < 4.78 is 1.96. The highest BCUT2D eigenvalue weighted by atomic mass is 127. The zero-order chi connectivity index (χ0) is 16.3. The van der Waals surface area contributed by atoms with Gasteiger partial charge in [-0.3, -0.25) is 9.67 Å². The molecule has 1 saturated heterocycles. The summed E-state index contributed by atoms with van der Waals surface area (Å²) >= 11 is 0. The summed E-state index contributed by atoms with van der Waals surface area (Å²) in [4.78, 5) is 6.90. The Labute approximate surface area is 163 Å². The van der Waals surface area contributed by atoms with Gasteiger partial charge in [-0.2, -0.15) is 5.10 Å². The Hall–Kier alpha value is -0.830. The maximum Gasteiger partial charge on any atom is 0.190 e. The van der Waals surface area contributed by atoms with Crippen molar-refractivity contribution in [3.05, 3.63) is 18.5 Å². The number of aliphatic imine (C=N–C) groups is 1. The van der Waals surface area contributed by atoms with E-state index in [2.05, 4.69) is 32.5 Å². The van der Waals surface area contributed by atoms with Crippen molar-refractivity contribution < 1.29 is 0 Å². The molecule has 0 unspecified atom stereocenters. The lowest BCUT2D eigenvalue weighted by Gasteiger charge is -2.32. The first-order valence-electron chi connectivity index (χ1n) is 8.96. The van der Waals surface area contributed by atoms with Crippen molar-refractivity contribution in [1.82, 2.24) is 25.3 Å². The van der Waals surface area contributed by atoms with Crippen LogP contribution in [0.15, 0.2) is 23.5 Å². The van der Waals surface area contributed by atoms with Crippen LogP contribution in [0.4, 0.5) is 0 Å². The third-order valence-corrected chi connectivity index (χ3v) is 4.44. The minimum atomic E-state index is 0. The molecular formula is C17H33IN6. The first kappa shape index (κ1) is 21.2. The molecule has 0 spiro atoms. The number of aryl methyl sites for hydroxylation is 1. The van der Waals surface area contributed by atoms with Gasteiger partial charge in [0.25, 0.3) is 0 Å². The summed E-state index contributed by atoms with van der Waals surface area (Å²) in [6.45, 7) is 8.88. The number of nitrogens with one attached hydrogen (secondary N) is 2. The van der Waals surface area contributed by atoms with Crippen LogP contribution in [0.5, 0.6) is 0 Å². The molecule has 0 bridgehead atoms. The second-order valence-electron chi connectivity index (χ2n) is 6.29. The third-order valence-electron chi connectivity index (χ3n) is 4.44. The van der Waals surface area contributed by atoms with E-state index in [0.29, 0.717) is 0 Å². The van der Waals surface area contributed by atoms with Gasteiger partial charge in [0.1, 0.15) is 0 Å². The molecule has 2 N–H and O–H groups in total. The Morgan fingerprint density at radius 1 is 1.25 bits per heavy atom. The Bertz CT molecular complexity index is 440. The highest BCUT2D eigenvalue weighted by Gasteiger charge is 2.18. The van der Waals surface area contributed by atoms with E-state index in [1.165, 1.54) is 38.9 Å². The number of aromatic nitrogens is 2. The van der Waals surface area contributed by atoms with Gasteiger partial charge in [0.2, 0.25) is 0 Å². The molecular weight excluding hydrogens is 415 g/mol. The summed E-state index contributed by atoms with van der Waals surface area (Å²) in [5.41, 5.74) is 0. The van der Waals surface area contributed by atoms with Gasteiger partial charge >= 0.3 is 0 Å². The molecule has 6 nitrogen and oxygen atoms in total. The van der Waals surface area contributed by atoms with Gasteiger partial charge in [-0.05, 0) is 57.3 Å². The number of likely N-dealkylation sites (tertiary alicyclic amines) is 1. The zero-order valence-electron chi connectivity index (χ0n) is 15.1. The highest BCUT2D eigenvalue weighted by molar-refractivity contribution is 14.0.